The second-order valence-electron chi connectivity index (χ2n) is 6.21. The summed E-state index contributed by atoms with van der Waals surface area (Å²) in [4.78, 5) is 2.47. The normalized spacial score (nSPS) is 30.0. The second kappa shape index (κ2) is 6.77. The van der Waals surface area contributed by atoms with Gasteiger partial charge in [0.1, 0.15) is 5.76 Å². The average molecular weight is 291 g/mol. The number of likely N-dealkylation sites (tertiary alicyclic amines) is 1. The Bertz CT molecular complexity index is 445. The highest BCUT2D eigenvalue weighted by molar-refractivity contribution is 5.01. The van der Waals surface area contributed by atoms with E-state index in [2.05, 4.69) is 11.5 Å². The van der Waals surface area contributed by atoms with E-state index < -0.39 is 0 Å². The van der Waals surface area contributed by atoms with E-state index in [4.69, 9.17) is 13.9 Å². The molecular weight excluding hydrogens is 266 g/mol. The van der Waals surface area contributed by atoms with Gasteiger partial charge in [-0.05, 0) is 31.4 Å². The van der Waals surface area contributed by atoms with Gasteiger partial charge >= 0.3 is 0 Å². The Labute approximate surface area is 126 Å². The van der Waals surface area contributed by atoms with Crippen LogP contribution in [0.3, 0.4) is 0 Å². The summed E-state index contributed by atoms with van der Waals surface area (Å²) in [6, 6.07) is 4.00. The summed E-state index contributed by atoms with van der Waals surface area (Å²) >= 11 is 0. The van der Waals surface area contributed by atoms with Gasteiger partial charge < -0.3 is 13.9 Å². The molecule has 4 nitrogen and oxygen atoms in total. The van der Waals surface area contributed by atoms with Crippen LogP contribution in [0.1, 0.15) is 25.0 Å². The largest absolute Gasteiger partial charge is 0.468 e. The van der Waals surface area contributed by atoms with E-state index in [-0.39, 0.29) is 5.41 Å². The Kier molecular flexibility index (Phi) is 4.78. The van der Waals surface area contributed by atoms with Crippen molar-refractivity contribution in [1.82, 2.24) is 4.90 Å². The number of furan rings is 1. The van der Waals surface area contributed by atoms with E-state index in [0.29, 0.717) is 12.7 Å². The quantitative estimate of drug-likeness (QED) is 0.596. The van der Waals surface area contributed by atoms with Crippen LogP contribution in [0.5, 0.6) is 0 Å². The molecule has 3 heterocycles. The number of hydrogen-bond acceptors (Lipinski definition) is 4. The molecule has 0 amide bonds. The molecule has 0 aromatic carbocycles. The van der Waals surface area contributed by atoms with Crippen LogP contribution in [0.4, 0.5) is 0 Å². The molecule has 2 atom stereocenters. The van der Waals surface area contributed by atoms with Crippen molar-refractivity contribution in [2.45, 2.75) is 31.9 Å². The van der Waals surface area contributed by atoms with Crippen LogP contribution in [0.15, 0.2) is 35.5 Å². The standard InChI is InChI=1S/C17H25NO3/c1-2-9-19-14-17-7-4-11-21-16(17)6-8-18(13-17)12-15-5-3-10-20-15/h2-3,5,10,16H,1,4,6-9,11-14H2/t16-,17+/m1/s1. The van der Waals surface area contributed by atoms with Crippen molar-refractivity contribution in [2.24, 2.45) is 5.41 Å². The van der Waals surface area contributed by atoms with Crippen molar-refractivity contribution in [3.8, 4) is 0 Å². The van der Waals surface area contributed by atoms with Crippen LogP contribution in [0.25, 0.3) is 0 Å². The van der Waals surface area contributed by atoms with Gasteiger partial charge in [-0.25, -0.2) is 0 Å². The number of ether oxygens (including phenoxy) is 2. The van der Waals surface area contributed by atoms with Crippen molar-refractivity contribution in [3.63, 3.8) is 0 Å². The minimum atomic E-state index is 0.131. The highest BCUT2D eigenvalue weighted by Crippen LogP contribution is 2.40. The third-order valence-corrected chi connectivity index (χ3v) is 4.65. The van der Waals surface area contributed by atoms with Gasteiger partial charge in [0.25, 0.3) is 0 Å². The van der Waals surface area contributed by atoms with Crippen LogP contribution in [0.2, 0.25) is 0 Å². The van der Waals surface area contributed by atoms with Crippen LogP contribution >= 0.6 is 0 Å². The first-order valence-electron chi connectivity index (χ1n) is 7.87. The molecule has 4 heteroatoms. The van der Waals surface area contributed by atoms with E-state index in [1.165, 1.54) is 6.42 Å². The molecule has 0 unspecified atom stereocenters. The van der Waals surface area contributed by atoms with Crippen molar-refractivity contribution in [3.05, 3.63) is 36.8 Å². The Morgan fingerprint density at radius 1 is 1.52 bits per heavy atom. The maximum absolute atomic E-state index is 6.04. The van der Waals surface area contributed by atoms with Crippen molar-refractivity contribution >= 4 is 0 Å². The third-order valence-electron chi connectivity index (χ3n) is 4.65. The molecule has 2 aliphatic heterocycles. The molecule has 1 aromatic rings. The topological polar surface area (TPSA) is 34.8 Å². The Hall–Kier alpha value is -1.10. The summed E-state index contributed by atoms with van der Waals surface area (Å²) in [7, 11) is 0. The third kappa shape index (κ3) is 3.39. The molecule has 21 heavy (non-hydrogen) atoms. The average Bonchev–Trinajstić information content (AvgIpc) is 3.00. The second-order valence-corrected chi connectivity index (χ2v) is 6.21. The summed E-state index contributed by atoms with van der Waals surface area (Å²) in [6.07, 6.45) is 7.29. The Morgan fingerprint density at radius 2 is 2.48 bits per heavy atom. The van der Waals surface area contributed by atoms with Crippen LogP contribution in [0, 0.1) is 5.41 Å². The zero-order valence-electron chi connectivity index (χ0n) is 12.6. The number of rotatable bonds is 6. The lowest BCUT2D eigenvalue weighted by Crippen LogP contribution is -2.56. The first-order valence-corrected chi connectivity index (χ1v) is 7.87. The monoisotopic (exact) mass is 291 g/mol. The van der Waals surface area contributed by atoms with Gasteiger partial charge in [0, 0.05) is 25.1 Å². The molecule has 2 aliphatic rings. The van der Waals surface area contributed by atoms with E-state index >= 15 is 0 Å². The molecule has 0 spiro atoms. The SMILES string of the molecule is C=CCOC[C@@]12CCCO[C@@H]1CCN(Cc1ccco1)C2. The lowest BCUT2D eigenvalue weighted by atomic mass is 9.73. The lowest BCUT2D eigenvalue weighted by Gasteiger charge is -2.50. The summed E-state index contributed by atoms with van der Waals surface area (Å²) < 4.78 is 17.3. The van der Waals surface area contributed by atoms with E-state index in [9.17, 15) is 0 Å². The highest BCUT2D eigenvalue weighted by Gasteiger charge is 2.46. The number of nitrogens with zero attached hydrogens (tertiary/aromatic N) is 1. The molecule has 0 N–H and O–H groups in total. The Balaban J connectivity index is 1.66. The molecule has 116 valence electrons. The highest BCUT2D eigenvalue weighted by atomic mass is 16.5. The zero-order valence-corrected chi connectivity index (χ0v) is 12.6. The van der Waals surface area contributed by atoms with Gasteiger partial charge in [-0.2, -0.15) is 0 Å². The van der Waals surface area contributed by atoms with Crippen LogP contribution in [-0.4, -0.2) is 43.9 Å². The molecule has 2 saturated heterocycles. The van der Waals surface area contributed by atoms with Crippen molar-refractivity contribution in [2.75, 3.05) is 32.9 Å². The molecule has 0 aliphatic carbocycles. The molecule has 1 aromatic heterocycles. The van der Waals surface area contributed by atoms with Gasteiger partial charge in [-0.15, -0.1) is 6.58 Å². The minimum absolute atomic E-state index is 0.131. The van der Waals surface area contributed by atoms with Gasteiger partial charge in [0.15, 0.2) is 0 Å². The summed E-state index contributed by atoms with van der Waals surface area (Å²) in [5, 5.41) is 0. The van der Waals surface area contributed by atoms with Gasteiger partial charge in [-0.1, -0.05) is 6.08 Å². The van der Waals surface area contributed by atoms with Gasteiger partial charge in [0.05, 0.1) is 32.1 Å². The molecule has 0 radical (unpaired) electrons. The van der Waals surface area contributed by atoms with Crippen molar-refractivity contribution < 1.29 is 13.9 Å². The maximum Gasteiger partial charge on any atom is 0.117 e. The summed E-state index contributed by atoms with van der Waals surface area (Å²) in [6.45, 7) is 8.97. The fraction of sp³-hybridized carbons (Fsp3) is 0.647. The molecular formula is C17H25NO3. The number of fused-ring (bicyclic) bond motifs is 1. The number of hydrogen-bond donors (Lipinski definition) is 0. The van der Waals surface area contributed by atoms with E-state index in [1.807, 2.05) is 18.2 Å². The van der Waals surface area contributed by atoms with E-state index in [0.717, 1.165) is 51.4 Å². The van der Waals surface area contributed by atoms with Crippen molar-refractivity contribution in [1.29, 1.82) is 0 Å². The lowest BCUT2D eigenvalue weighted by molar-refractivity contribution is -0.152. The Morgan fingerprint density at radius 3 is 3.29 bits per heavy atom. The first kappa shape index (κ1) is 14.8. The zero-order chi connectivity index (χ0) is 14.5. The smallest absolute Gasteiger partial charge is 0.117 e. The summed E-state index contributed by atoms with van der Waals surface area (Å²) in [5.74, 6) is 1.03. The molecule has 0 bridgehead atoms. The molecule has 2 fully saturated rings. The van der Waals surface area contributed by atoms with Gasteiger partial charge in [0.2, 0.25) is 0 Å². The van der Waals surface area contributed by atoms with Crippen LogP contribution < -0.4 is 0 Å². The summed E-state index contributed by atoms with van der Waals surface area (Å²) in [5.41, 5.74) is 0.131. The minimum Gasteiger partial charge on any atom is -0.468 e. The molecule has 0 saturated carbocycles. The van der Waals surface area contributed by atoms with Gasteiger partial charge in [-0.3, -0.25) is 4.90 Å². The first-order chi connectivity index (χ1) is 10.3. The predicted octanol–water partition coefficient (Wildman–Crippen LogP) is 2.85. The fourth-order valence-electron chi connectivity index (χ4n) is 3.70. The van der Waals surface area contributed by atoms with E-state index in [1.54, 1.807) is 6.26 Å². The van der Waals surface area contributed by atoms with Crippen LogP contribution in [-0.2, 0) is 16.0 Å². The molecule has 3 rings (SSSR count). The number of piperidine rings is 1. The predicted molar refractivity (Wildman–Crippen MR) is 81.0 cm³/mol. The maximum atomic E-state index is 6.04. The fourth-order valence-corrected chi connectivity index (χ4v) is 3.70.